The summed E-state index contributed by atoms with van der Waals surface area (Å²) in [7, 11) is 0. The van der Waals surface area contributed by atoms with Crippen molar-refractivity contribution in [1.29, 1.82) is 0 Å². The van der Waals surface area contributed by atoms with E-state index in [1.165, 1.54) is 44.9 Å². The summed E-state index contributed by atoms with van der Waals surface area (Å²) in [5, 5.41) is 27.4. The van der Waals surface area contributed by atoms with Crippen LogP contribution < -0.4 is 0 Å². The third kappa shape index (κ3) is 4.16. The van der Waals surface area contributed by atoms with Crippen molar-refractivity contribution >= 4 is 0 Å². The second kappa shape index (κ2) is 8.97. The molecule has 1 aromatic heterocycles. The van der Waals surface area contributed by atoms with Gasteiger partial charge in [-0.2, -0.15) is 5.10 Å². The summed E-state index contributed by atoms with van der Waals surface area (Å²) in [4.78, 5) is 0. The zero-order chi connectivity index (χ0) is 24.1. The van der Waals surface area contributed by atoms with Crippen LogP contribution in [0.3, 0.4) is 0 Å². The van der Waals surface area contributed by atoms with E-state index in [0.717, 1.165) is 61.3 Å². The molecule has 4 nitrogen and oxygen atoms in total. The molecular formula is C30H46N2O2. The van der Waals surface area contributed by atoms with Gasteiger partial charge < -0.3 is 10.2 Å². The van der Waals surface area contributed by atoms with Crippen LogP contribution in [0.15, 0.2) is 12.4 Å². The molecule has 2 N–H and O–H groups in total. The molecule has 1 heterocycles. The van der Waals surface area contributed by atoms with Gasteiger partial charge in [0, 0.05) is 6.20 Å². The van der Waals surface area contributed by atoms with Crippen molar-refractivity contribution in [2.24, 2.45) is 40.9 Å². The van der Waals surface area contributed by atoms with Gasteiger partial charge in [0.15, 0.2) is 0 Å². The Balaban J connectivity index is 1.33. The van der Waals surface area contributed by atoms with Crippen molar-refractivity contribution in [1.82, 2.24) is 9.78 Å². The van der Waals surface area contributed by atoms with E-state index in [-0.39, 0.29) is 11.3 Å². The molecule has 4 saturated carbocycles. The molecular weight excluding hydrogens is 420 g/mol. The molecule has 1 aromatic rings. The first-order chi connectivity index (χ1) is 16.2. The topological polar surface area (TPSA) is 58.3 Å². The predicted molar refractivity (Wildman–Crippen MR) is 136 cm³/mol. The normalized spacial score (nSPS) is 43.6. The molecule has 34 heavy (non-hydrogen) atoms. The standard InChI is InChI=1S/C30H46N2O2/c1-5-14-30(34)16-13-23-22(17-30)10-11-25-24(23)12-15-28(3)26(25)8-7-9-27(28)29(4,33)20-32-19-21(6-2)18-31-32/h2,18-19,22-27,33-34H,5,7-17,20H2,1,3-4H3/t22-,23+,24-,25-,26+,27+,28+,29+,30-/m1/s1. The van der Waals surface area contributed by atoms with E-state index in [2.05, 4.69) is 24.9 Å². The fourth-order valence-corrected chi connectivity index (χ4v) is 9.83. The minimum Gasteiger partial charge on any atom is -0.390 e. The van der Waals surface area contributed by atoms with Gasteiger partial charge in [-0.1, -0.05) is 32.6 Å². The predicted octanol–water partition coefficient (Wildman–Crippen LogP) is 5.81. The molecule has 0 saturated heterocycles. The zero-order valence-electron chi connectivity index (χ0n) is 21.7. The Bertz CT molecular complexity index is 915. The quantitative estimate of drug-likeness (QED) is 0.539. The number of aromatic nitrogens is 2. The summed E-state index contributed by atoms with van der Waals surface area (Å²) >= 11 is 0. The van der Waals surface area contributed by atoms with Gasteiger partial charge in [0.1, 0.15) is 0 Å². The van der Waals surface area contributed by atoms with Crippen LogP contribution in [0.5, 0.6) is 0 Å². The summed E-state index contributed by atoms with van der Waals surface area (Å²) in [6, 6.07) is 0. The molecule has 4 aliphatic carbocycles. The second-order valence-electron chi connectivity index (χ2n) is 13.1. The van der Waals surface area contributed by atoms with Gasteiger partial charge in [0.2, 0.25) is 0 Å². The number of rotatable bonds is 5. The highest BCUT2D eigenvalue weighted by molar-refractivity contribution is 5.26. The first-order valence-electron chi connectivity index (χ1n) is 14.1. The Labute approximate surface area is 206 Å². The molecule has 9 atom stereocenters. The lowest BCUT2D eigenvalue weighted by molar-refractivity contribution is -0.171. The Kier molecular flexibility index (Phi) is 6.43. The van der Waals surface area contributed by atoms with E-state index in [4.69, 9.17) is 6.42 Å². The number of terminal acetylenes is 1. The fourth-order valence-electron chi connectivity index (χ4n) is 9.83. The van der Waals surface area contributed by atoms with Crippen LogP contribution in [0.1, 0.15) is 103 Å². The highest BCUT2D eigenvalue weighted by atomic mass is 16.3. The van der Waals surface area contributed by atoms with Gasteiger partial charge in [-0.15, -0.1) is 6.42 Å². The summed E-state index contributed by atoms with van der Waals surface area (Å²) in [6.07, 6.45) is 23.3. The van der Waals surface area contributed by atoms with Crippen LogP contribution in [0.2, 0.25) is 0 Å². The zero-order valence-corrected chi connectivity index (χ0v) is 21.7. The lowest BCUT2D eigenvalue weighted by atomic mass is 9.43. The molecule has 0 amide bonds. The minimum absolute atomic E-state index is 0.190. The maximum atomic E-state index is 11.8. The molecule has 0 aromatic carbocycles. The molecule has 0 aliphatic heterocycles. The van der Waals surface area contributed by atoms with Crippen LogP contribution in [0.4, 0.5) is 0 Å². The Morgan fingerprint density at radius 1 is 1.15 bits per heavy atom. The lowest BCUT2D eigenvalue weighted by Gasteiger charge is -2.62. The van der Waals surface area contributed by atoms with E-state index in [1.54, 1.807) is 6.20 Å². The minimum atomic E-state index is -0.795. The van der Waals surface area contributed by atoms with Gasteiger partial charge in [-0.05, 0) is 112 Å². The number of hydrogen-bond donors (Lipinski definition) is 2. The fraction of sp³-hybridized carbons (Fsp3) is 0.833. The Hall–Kier alpha value is -1.31. The van der Waals surface area contributed by atoms with Crippen LogP contribution in [0, 0.1) is 53.3 Å². The van der Waals surface area contributed by atoms with E-state index < -0.39 is 11.2 Å². The average Bonchev–Trinajstić information content (AvgIpc) is 3.24. The molecule has 0 unspecified atom stereocenters. The van der Waals surface area contributed by atoms with Crippen molar-refractivity contribution in [2.45, 2.75) is 116 Å². The largest absolute Gasteiger partial charge is 0.390 e. The summed E-state index contributed by atoms with van der Waals surface area (Å²) in [6.45, 7) is 7.27. The van der Waals surface area contributed by atoms with E-state index in [0.29, 0.717) is 12.5 Å². The SMILES string of the molecule is C#Cc1cnn(C[C@](C)(O)[C@H]2CCC[C@H]3[C@@H]4CC[C@@H]5C[C@@](O)(CCC)CC[C@@H]5[C@H]4CC[C@@]32C)c1. The first kappa shape index (κ1) is 24.4. The Morgan fingerprint density at radius 3 is 2.68 bits per heavy atom. The molecule has 0 radical (unpaired) electrons. The van der Waals surface area contributed by atoms with Crippen molar-refractivity contribution < 1.29 is 10.2 Å². The summed E-state index contributed by atoms with van der Waals surface area (Å²) in [5.41, 5.74) is -0.224. The van der Waals surface area contributed by atoms with Gasteiger partial charge in [-0.25, -0.2) is 0 Å². The number of aliphatic hydroxyl groups is 2. The third-order valence-corrected chi connectivity index (χ3v) is 11.1. The monoisotopic (exact) mass is 466 g/mol. The van der Waals surface area contributed by atoms with Gasteiger partial charge in [-0.3, -0.25) is 4.68 Å². The molecule has 4 heteroatoms. The van der Waals surface area contributed by atoms with Crippen LogP contribution in [0.25, 0.3) is 0 Å². The lowest BCUT2D eigenvalue weighted by Crippen LogP contribution is -2.58. The molecule has 5 rings (SSSR count). The van der Waals surface area contributed by atoms with E-state index >= 15 is 0 Å². The summed E-state index contributed by atoms with van der Waals surface area (Å²) in [5.74, 6) is 6.82. The summed E-state index contributed by atoms with van der Waals surface area (Å²) < 4.78 is 1.85. The van der Waals surface area contributed by atoms with Crippen LogP contribution in [-0.4, -0.2) is 31.2 Å². The second-order valence-corrected chi connectivity index (χ2v) is 13.1. The highest BCUT2D eigenvalue weighted by Crippen LogP contribution is 2.64. The van der Waals surface area contributed by atoms with Crippen LogP contribution >= 0.6 is 0 Å². The smallest absolute Gasteiger partial charge is 0.0848 e. The number of hydrogen-bond acceptors (Lipinski definition) is 3. The van der Waals surface area contributed by atoms with Gasteiger partial charge in [0.25, 0.3) is 0 Å². The Morgan fingerprint density at radius 2 is 1.94 bits per heavy atom. The van der Waals surface area contributed by atoms with Gasteiger partial charge in [0.05, 0.1) is 29.5 Å². The van der Waals surface area contributed by atoms with Crippen LogP contribution in [-0.2, 0) is 6.54 Å². The van der Waals surface area contributed by atoms with E-state index in [1.807, 2.05) is 17.8 Å². The molecule has 0 spiro atoms. The maximum absolute atomic E-state index is 11.8. The van der Waals surface area contributed by atoms with E-state index in [9.17, 15) is 10.2 Å². The van der Waals surface area contributed by atoms with Crippen molar-refractivity contribution in [2.75, 3.05) is 0 Å². The van der Waals surface area contributed by atoms with Gasteiger partial charge >= 0.3 is 0 Å². The van der Waals surface area contributed by atoms with Crippen molar-refractivity contribution in [3.05, 3.63) is 18.0 Å². The first-order valence-corrected chi connectivity index (χ1v) is 14.1. The molecule has 4 fully saturated rings. The number of fused-ring (bicyclic) bond motifs is 5. The maximum Gasteiger partial charge on any atom is 0.0848 e. The van der Waals surface area contributed by atoms with Crippen molar-refractivity contribution in [3.8, 4) is 12.3 Å². The number of nitrogens with zero attached hydrogens (tertiary/aromatic N) is 2. The van der Waals surface area contributed by atoms with Crippen molar-refractivity contribution in [3.63, 3.8) is 0 Å². The third-order valence-electron chi connectivity index (χ3n) is 11.1. The average molecular weight is 467 g/mol. The molecule has 0 bridgehead atoms. The molecule has 4 aliphatic rings. The molecule has 188 valence electrons. The highest BCUT2D eigenvalue weighted by Gasteiger charge is 2.59.